The zero-order valence-corrected chi connectivity index (χ0v) is 32.2. The largest absolute Gasteiger partial charge is 0.422 e. The summed E-state index contributed by atoms with van der Waals surface area (Å²) in [5, 5.41) is 0. The highest BCUT2D eigenvalue weighted by molar-refractivity contribution is 7.21. The second kappa shape index (κ2) is 13.8. The second-order valence-electron chi connectivity index (χ2n) is 13.8. The Labute approximate surface area is 331 Å². The molecule has 55 heavy (non-hydrogen) atoms. The minimum Gasteiger partial charge on any atom is -0.360 e. The lowest BCUT2D eigenvalue weighted by molar-refractivity contribution is 1.23. The van der Waals surface area contributed by atoms with Crippen molar-refractivity contribution in [2.45, 2.75) is 13.8 Å². The molecule has 0 N–H and O–H groups in total. The lowest BCUT2D eigenvalue weighted by atomic mass is 9.53. The van der Waals surface area contributed by atoms with Crippen molar-refractivity contribution in [1.29, 1.82) is 0 Å². The van der Waals surface area contributed by atoms with E-state index in [2.05, 4.69) is 205 Å². The highest BCUT2D eigenvalue weighted by Gasteiger charge is 2.51. The minimum atomic E-state index is -0.229. The maximum atomic E-state index is 3.60. The molecule has 0 bridgehead atoms. The molecule has 1 aliphatic carbocycles. The van der Waals surface area contributed by atoms with Crippen LogP contribution in [0.5, 0.6) is 0 Å². The van der Waals surface area contributed by atoms with Gasteiger partial charge in [-0.2, -0.15) is 0 Å². The van der Waals surface area contributed by atoms with Gasteiger partial charge in [-0.05, 0) is 82.7 Å². The molecule has 3 aliphatic rings. The number of rotatable bonds is 7. The van der Waals surface area contributed by atoms with E-state index in [1.54, 1.807) is 0 Å². The van der Waals surface area contributed by atoms with Gasteiger partial charge < -0.3 is 9.62 Å². The summed E-state index contributed by atoms with van der Waals surface area (Å²) in [5.74, 6) is 0. The topological polar surface area (TPSA) is 6.48 Å². The van der Waals surface area contributed by atoms with Gasteiger partial charge in [0.05, 0.1) is 26.8 Å². The Balaban J connectivity index is 1.40. The van der Waals surface area contributed by atoms with E-state index < -0.39 is 0 Å². The van der Waals surface area contributed by atoms with Crippen LogP contribution >= 0.6 is 22.7 Å². The fraction of sp³-hybridized carbons (Fsp3) is 0.0400. The lowest BCUT2D eigenvalue weighted by Gasteiger charge is -2.47. The van der Waals surface area contributed by atoms with Crippen molar-refractivity contribution in [3.8, 4) is 53.6 Å². The quantitative estimate of drug-likeness (QED) is 0.0913. The van der Waals surface area contributed by atoms with Crippen LogP contribution in [0.25, 0.3) is 59.1 Å². The van der Waals surface area contributed by atoms with Crippen LogP contribution < -0.4 is 15.1 Å². The van der Waals surface area contributed by atoms with E-state index >= 15 is 0 Å². The standard InChI is InChI=1S/C50H35BN2S2/c1-3-4-21-34(2)47-45-42(48(54-47)35-22-10-5-11-23-35)40-32-20-33-41-43-46(50(37-26-14-7-15-27-37)55-49(43)36-24-12-6-13-25-36)53(39-30-18-9-19-31-39)51(44(40)41)52(45)38-28-16-8-17-29-38/h3-16,18-28,30-33H,1-2H3/b4-3-,34-21+. The first kappa shape index (κ1) is 33.3. The summed E-state index contributed by atoms with van der Waals surface area (Å²) in [6.07, 6.45) is 12.7. The zero-order chi connectivity index (χ0) is 36.9. The summed E-state index contributed by atoms with van der Waals surface area (Å²) < 4.78 is 0. The monoisotopic (exact) mass is 738 g/mol. The number of hydrogen-bond acceptors (Lipinski definition) is 4. The van der Waals surface area contributed by atoms with Crippen molar-refractivity contribution in [3.05, 3.63) is 198 Å². The van der Waals surface area contributed by atoms with Gasteiger partial charge >= 0.3 is 6.98 Å². The van der Waals surface area contributed by atoms with E-state index in [1.165, 1.54) is 80.9 Å². The van der Waals surface area contributed by atoms with Gasteiger partial charge in [0.2, 0.25) is 0 Å². The zero-order valence-electron chi connectivity index (χ0n) is 30.5. The Bertz CT molecular complexity index is 2800. The Hall–Kier alpha value is -6.32. The molecule has 10 rings (SSSR count). The third-order valence-corrected chi connectivity index (χ3v) is 13.2. The molecule has 7 aromatic rings. The van der Waals surface area contributed by atoms with E-state index in [0.29, 0.717) is 0 Å². The summed E-state index contributed by atoms with van der Waals surface area (Å²) in [6.45, 7) is 4.10. The van der Waals surface area contributed by atoms with E-state index in [0.717, 1.165) is 11.4 Å². The van der Waals surface area contributed by atoms with Gasteiger partial charge in [-0.15, -0.1) is 22.7 Å². The Kier molecular flexibility index (Phi) is 8.37. The van der Waals surface area contributed by atoms with E-state index in [9.17, 15) is 0 Å². The van der Waals surface area contributed by atoms with Gasteiger partial charge in [0.25, 0.3) is 0 Å². The molecule has 0 unspecified atom stereocenters. The number of allylic oxidation sites excluding steroid dienone is 7. The third kappa shape index (κ3) is 5.41. The van der Waals surface area contributed by atoms with Crippen molar-refractivity contribution in [1.82, 2.24) is 0 Å². The maximum Gasteiger partial charge on any atom is 0.422 e. The summed E-state index contributed by atoms with van der Waals surface area (Å²) in [5.41, 5.74) is 22.8. The highest BCUT2D eigenvalue weighted by atomic mass is 32.1. The molecular weight excluding hydrogens is 704 g/mol. The number of benzene rings is 5. The fourth-order valence-corrected chi connectivity index (χ4v) is 10.9. The molecule has 4 heterocycles. The molecule has 2 nitrogen and oxygen atoms in total. The number of nitrogens with zero attached hydrogens (tertiary/aromatic N) is 2. The van der Waals surface area contributed by atoms with Crippen molar-refractivity contribution < 1.29 is 0 Å². The van der Waals surface area contributed by atoms with Crippen molar-refractivity contribution in [2.75, 3.05) is 9.62 Å². The van der Waals surface area contributed by atoms with Crippen LogP contribution in [-0.4, -0.2) is 6.98 Å². The summed E-state index contributed by atoms with van der Waals surface area (Å²) in [7, 11) is 0. The average molecular weight is 739 g/mol. The van der Waals surface area contributed by atoms with Crippen LogP contribution in [0.15, 0.2) is 193 Å². The van der Waals surface area contributed by atoms with Gasteiger partial charge in [-0.3, -0.25) is 0 Å². The fourth-order valence-electron chi connectivity index (χ4n) is 8.25. The molecule has 0 fully saturated rings. The molecule has 5 heteroatoms. The number of hydrogen-bond donors (Lipinski definition) is 0. The van der Waals surface area contributed by atoms with Crippen LogP contribution in [0.4, 0.5) is 17.1 Å². The Morgan fingerprint density at radius 3 is 1.76 bits per heavy atom. The van der Waals surface area contributed by atoms with Gasteiger partial charge in [0.1, 0.15) is 0 Å². The first-order valence-electron chi connectivity index (χ1n) is 18.7. The van der Waals surface area contributed by atoms with E-state index in [-0.39, 0.29) is 6.98 Å². The first-order chi connectivity index (χ1) is 27.2. The molecule has 0 atom stereocenters. The van der Waals surface area contributed by atoms with E-state index in [1.807, 2.05) is 28.7 Å². The van der Waals surface area contributed by atoms with Crippen molar-refractivity contribution in [2.24, 2.45) is 0 Å². The molecule has 0 saturated carbocycles. The molecule has 0 saturated heterocycles. The van der Waals surface area contributed by atoms with Crippen molar-refractivity contribution in [3.63, 3.8) is 0 Å². The van der Waals surface area contributed by atoms with Crippen molar-refractivity contribution >= 4 is 57.8 Å². The highest BCUT2D eigenvalue weighted by Crippen LogP contribution is 2.60. The molecule has 260 valence electrons. The number of thiophene rings is 2. The van der Waals surface area contributed by atoms with Crippen LogP contribution in [0, 0.1) is 0 Å². The molecule has 0 radical (unpaired) electrons. The van der Waals surface area contributed by atoms with Crippen LogP contribution in [0.3, 0.4) is 0 Å². The smallest absolute Gasteiger partial charge is 0.360 e. The predicted octanol–water partition coefficient (Wildman–Crippen LogP) is 13.6. The average Bonchev–Trinajstić information content (AvgIpc) is 3.86. The Morgan fingerprint density at radius 1 is 0.618 bits per heavy atom. The van der Waals surface area contributed by atoms with Crippen LogP contribution in [0.2, 0.25) is 0 Å². The Morgan fingerprint density at radius 2 is 1.18 bits per heavy atom. The lowest BCUT2D eigenvalue weighted by Crippen LogP contribution is -2.63. The minimum absolute atomic E-state index is 0.229. The molecule has 5 aromatic carbocycles. The van der Waals surface area contributed by atoms with E-state index in [4.69, 9.17) is 0 Å². The van der Waals surface area contributed by atoms with Gasteiger partial charge in [0, 0.05) is 26.6 Å². The first-order valence-corrected chi connectivity index (χ1v) is 20.3. The summed E-state index contributed by atoms with van der Waals surface area (Å²) >= 11 is 3.78. The molecule has 2 aromatic heterocycles. The normalized spacial score (nSPS) is 14.0. The number of anilines is 3. The van der Waals surface area contributed by atoms with Crippen LogP contribution in [0.1, 0.15) is 18.7 Å². The molecule has 2 aliphatic heterocycles. The van der Waals surface area contributed by atoms with Gasteiger partial charge in [0.15, 0.2) is 0 Å². The molecule has 0 spiro atoms. The summed E-state index contributed by atoms with van der Waals surface area (Å²) in [6, 6.07) is 50.7. The predicted molar refractivity (Wildman–Crippen MR) is 239 cm³/mol. The number of fused-ring (bicyclic) bond motifs is 4. The third-order valence-electron chi connectivity index (χ3n) is 10.6. The van der Waals surface area contributed by atoms with Crippen LogP contribution in [-0.2, 0) is 0 Å². The van der Waals surface area contributed by atoms with Gasteiger partial charge in [-0.1, -0.05) is 157 Å². The summed E-state index contributed by atoms with van der Waals surface area (Å²) in [4.78, 5) is 10.2. The maximum absolute atomic E-state index is 3.60. The number of para-hydroxylation sites is 1. The van der Waals surface area contributed by atoms with Gasteiger partial charge in [-0.25, -0.2) is 0 Å². The molecule has 0 amide bonds. The second-order valence-corrected chi connectivity index (χ2v) is 15.9. The SMILES string of the molecule is C/C=C\C=C(/C)c1sc(-c2ccccc2)c2c1N(C1=C=C=CC=C1)B1c3c-2cccc3-c2c(-c3ccccc3)sc(-c3ccccc3)c2N1c1ccccc1. The molecular formula is C50H35BN2S2.